The van der Waals surface area contributed by atoms with Crippen LogP contribution in [0, 0.1) is 25.2 Å². The molecule has 3 rings (SSSR count). The second-order valence-electron chi connectivity index (χ2n) is 5.69. The van der Waals surface area contributed by atoms with Gasteiger partial charge in [-0.3, -0.25) is 9.98 Å². The van der Waals surface area contributed by atoms with Crippen molar-refractivity contribution in [2.45, 2.75) is 34.2 Å². The Balaban J connectivity index is 2.31. The molecule has 0 atom stereocenters. The summed E-state index contributed by atoms with van der Waals surface area (Å²) in [4.78, 5) is 8.88. The van der Waals surface area contributed by atoms with Crippen molar-refractivity contribution in [3.63, 3.8) is 0 Å². The Hall–Kier alpha value is -1.95. The van der Waals surface area contributed by atoms with Crippen molar-refractivity contribution in [3.8, 4) is 5.13 Å². The van der Waals surface area contributed by atoms with E-state index in [-0.39, 0.29) is 0 Å². The van der Waals surface area contributed by atoms with Gasteiger partial charge in [0, 0.05) is 23.8 Å². The van der Waals surface area contributed by atoms with E-state index in [9.17, 15) is 0 Å². The quantitative estimate of drug-likeness (QED) is 0.808. The lowest BCUT2D eigenvalue weighted by molar-refractivity contribution is 0.524. The van der Waals surface area contributed by atoms with Gasteiger partial charge in [-0.25, -0.2) is 9.97 Å². The van der Waals surface area contributed by atoms with Crippen LogP contribution in [0.25, 0.3) is 16.2 Å². The highest BCUT2D eigenvalue weighted by atomic mass is 32.1. The Morgan fingerprint density at radius 2 is 2.05 bits per heavy atom. The lowest BCUT2D eigenvalue weighted by Crippen LogP contribution is -2.19. The summed E-state index contributed by atoms with van der Waals surface area (Å²) in [6.07, 6.45) is 3.46. The van der Waals surface area contributed by atoms with Gasteiger partial charge in [-0.05, 0) is 25.3 Å². The predicted octanol–water partition coefficient (Wildman–Crippen LogP) is 3.04. The first-order chi connectivity index (χ1) is 10.0. The Morgan fingerprint density at radius 3 is 2.67 bits per heavy atom. The molecule has 0 amide bonds. The van der Waals surface area contributed by atoms with Crippen LogP contribution < -0.4 is 5.49 Å². The van der Waals surface area contributed by atoms with Gasteiger partial charge in [-0.1, -0.05) is 13.8 Å². The zero-order valence-corrected chi connectivity index (χ0v) is 13.5. The molecule has 0 saturated carbocycles. The van der Waals surface area contributed by atoms with Gasteiger partial charge in [0.1, 0.15) is 17.5 Å². The number of nitrogens with one attached hydrogen (secondary N) is 1. The van der Waals surface area contributed by atoms with Gasteiger partial charge in [0.25, 0.3) is 0 Å². The molecule has 0 saturated heterocycles. The van der Waals surface area contributed by atoms with Gasteiger partial charge in [-0.15, -0.1) is 11.3 Å². The summed E-state index contributed by atoms with van der Waals surface area (Å²) >= 11 is 1.51. The zero-order valence-electron chi connectivity index (χ0n) is 12.7. The average Bonchev–Trinajstić information content (AvgIpc) is 3.03. The van der Waals surface area contributed by atoms with Crippen molar-refractivity contribution >= 4 is 22.4 Å². The first kappa shape index (κ1) is 14.0. The van der Waals surface area contributed by atoms with Gasteiger partial charge in [0.15, 0.2) is 5.13 Å². The van der Waals surface area contributed by atoms with Gasteiger partial charge in [0.2, 0.25) is 0 Å². The molecule has 3 heterocycles. The summed E-state index contributed by atoms with van der Waals surface area (Å²) in [6, 6.07) is 0. The SMILES string of the molecule is Cc1c(C)n(CC(C)C)c2ncn(-c3nccs3)c(=N)c12. The Labute approximate surface area is 127 Å². The fourth-order valence-electron chi connectivity index (χ4n) is 2.62. The molecular weight excluding hydrogens is 282 g/mol. The third-order valence-corrected chi connectivity index (χ3v) is 4.52. The minimum atomic E-state index is 0.457. The topological polar surface area (TPSA) is 59.5 Å². The first-order valence-electron chi connectivity index (χ1n) is 7.02. The third kappa shape index (κ3) is 2.19. The van der Waals surface area contributed by atoms with Gasteiger partial charge < -0.3 is 4.57 Å². The van der Waals surface area contributed by atoms with E-state index in [4.69, 9.17) is 5.41 Å². The lowest BCUT2D eigenvalue weighted by atomic mass is 10.2. The number of thiazole rings is 1. The largest absolute Gasteiger partial charge is 0.329 e. The molecule has 0 aliphatic rings. The van der Waals surface area contributed by atoms with Crippen molar-refractivity contribution in [1.29, 1.82) is 5.41 Å². The monoisotopic (exact) mass is 301 g/mol. The van der Waals surface area contributed by atoms with E-state index < -0.39 is 0 Å². The fraction of sp³-hybridized carbons (Fsp3) is 0.400. The van der Waals surface area contributed by atoms with E-state index >= 15 is 0 Å². The standard InChI is InChI=1S/C15H19N5S/c1-9(2)7-19-11(4)10(3)12-13(16)20(8-18-14(12)19)15-17-5-6-21-15/h5-6,8-9,16H,7H2,1-4H3. The smallest absolute Gasteiger partial charge is 0.196 e. The van der Waals surface area contributed by atoms with Gasteiger partial charge >= 0.3 is 0 Å². The van der Waals surface area contributed by atoms with Crippen molar-refractivity contribution in [1.82, 2.24) is 19.1 Å². The van der Waals surface area contributed by atoms with Crippen LogP contribution in [0.4, 0.5) is 0 Å². The number of rotatable bonds is 3. The molecule has 0 unspecified atom stereocenters. The van der Waals surface area contributed by atoms with Crippen molar-refractivity contribution < 1.29 is 0 Å². The highest BCUT2D eigenvalue weighted by Gasteiger charge is 2.16. The van der Waals surface area contributed by atoms with Crippen LogP contribution in [0.2, 0.25) is 0 Å². The van der Waals surface area contributed by atoms with E-state index in [1.165, 1.54) is 17.0 Å². The lowest BCUT2D eigenvalue weighted by Gasteiger charge is -2.10. The predicted molar refractivity (Wildman–Crippen MR) is 84.9 cm³/mol. The number of nitrogens with zero attached hydrogens (tertiary/aromatic N) is 4. The number of fused-ring (bicyclic) bond motifs is 1. The molecule has 21 heavy (non-hydrogen) atoms. The Kier molecular flexibility index (Phi) is 3.41. The second-order valence-corrected chi connectivity index (χ2v) is 6.56. The molecule has 0 aromatic carbocycles. The molecular formula is C15H19N5S. The molecule has 0 bridgehead atoms. The summed E-state index contributed by atoms with van der Waals surface area (Å²) in [6.45, 7) is 9.48. The van der Waals surface area contributed by atoms with E-state index in [1.807, 2.05) is 5.38 Å². The summed E-state index contributed by atoms with van der Waals surface area (Å²) in [7, 11) is 0. The van der Waals surface area contributed by atoms with Gasteiger partial charge in [0.05, 0.1) is 5.39 Å². The molecule has 6 heteroatoms. The van der Waals surface area contributed by atoms with Crippen LogP contribution in [-0.4, -0.2) is 19.1 Å². The van der Waals surface area contributed by atoms with E-state index in [0.29, 0.717) is 11.4 Å². The minimum absolute atomic E-state index is 0.457. The highest BCUT2D eigenvalue weighted by Crippen LogP contribution is 2.22. The normalized spacial score (nSPS) is 11.7. The van der Waals surface area contributed by atoms with Crippen molar-refractivity contribution in [2.75, 3.05) is 0 Å². The average molecular weight is 301 g/mol. The summed E-state index contributed by atoms with van der Waals surface area (Å²) in [5.41, 5.74) is 3.68. The molecule has 0 radical (unpaired) electrons. The molecule has 0 spiro atoms. The van der Waals surface area contributed by atoms with E-state index in [1.54, 1.807) is 17.1 Å². The minimum Gasteiger partial charge on any atom is -0.329 e. The number of aromatic nitrogens is 4. The maximum absolute atomic E-state index is 8.53. The van der Waals surface area contributed by atoms with Crippen LogP contribution in [0.5, 0.6) is 0 Å². The van der Waals surface area contributed by atoms with Crippen LogP contribution >= 0.6 is 11.3 Å². The zero-order chi connectivity index (χ0) is 15.1. The van der Waals surface area contributed by atoms with Crippen molar-refractivity contribution in [3.05, 3.63) is 34.6 Å². The molecule has 3 aromatic rings. The van der Waals surface area contributed by atoms with Crippen LogP contribution in [0.3, 0.4) is 0 Å². The molecule has 3 aromatic heterocycles. The molecule has 110 valence electrons. The number of hydrogen-bond acceptors (Lipinski definition) is 4. The maximum Gasteiger partial charge on any atom is 0.196 e. The molecule has 5 nitrogen and oxygen atoms in total. The van der Waals surface area contributed by atoms with Crippen LogP contribution in [0.1, 0.15) is 25.1 Å². The molecule has 0 aliphatic carbocycles. The number of hydrogen-bond donors (Lipinski definition) is 1. The Morgan fingerprint density at radius 1 is 1.29 bits per heavy atom. The van der Waals surface area contributed by atoms with Crippen LogP contribution in [0.15, 0.2) is 17.9 Å². The molecule has 0 fully saturated rings. The molecule has 0 aliphatic heterocycles. The highest BCUT2D eigenvalue weighted by molar-refractivity contribution is 7.12. The summed E-state index contributed by atoms with van der Waals surface area (Å²) in [5.74, 6) is 0.543. The third-order valence-electron chi connectivity index (χ3n) is 3.75. The fourth-order valence-corrected chi connectivity index (χ4v) is 3.24. The summed E-state index contributed by atoms with van der Waals surface area (Å²) < 4.78 is 3.97. The van der Waals surface area contributed by atoms with Crippen molar-refractivity contribution in [2.24, 2.45) is 5.92 Å². The maximum atomic E-state index is 8.53. The number of aryl methyl sites for hydroxylation is 1. The summed E-state index contributed by atoms with van der Waals surface area (Å²) in [5, 5.41) is 12.1. The van der Waals surface area contributed by atoms with Crippen LogP contribution in [-0.2, 0) is 6.54 Å². The first-order valence-corrected chi connectivity index (χ1v) is 7.90. The molecule has 1 N–H and O–H groups in total. The second kappa shape index (κ2) is 5.11. The van der Waals surface area contributed by atoms with E-state index in [2.05, 4.69) is 42.2 Å². The van der Waals surface area contributed by atoms with Gasteiger partial charge in [-0.2, -0.15) is 0 Å². The van der Waals surface area contributed by atoms with E-state index in [0.717, 1.165) is 28.3 Å². The Bertz CT molecular complexity index is 839.